The maximum absolute atomic E-state index is 14.2. The monoisotopic (exact) mass is 322 g/mol. The third-order valence-corrected chi connectivity index (χ3v) is 4.24. The zero-order valence-electron chi connectivity index (χ0n) is 11.1. The van der Waals surface area contributed by atoms with Crippen LogP contribution in [0.2, 0.25) is 10.3 Å². The fourth-order valence-corrected chi connectivity index (χ4v) is 2.87. The highest BCUT2D eigenvalue weighted by atomic mass is 35.5. The second kappa shape index (κ2) is 4.75. The molecule has 21 heavy (non-hydrogen) atoms. The van der Waals surface area contributed by atoms with Crippen LogP contribution in [0.3, 0.4) is 0 Å². The van der Waals surface area contributed by atoms with Gasteiger partial charge in [-0.15, -0.1) is 0 Å². The summed E-state index contributed by atoms with van der Waals surface area (Å²) in [6.07, 6.45) is 0. The molecule has 0 saturated heterocycles. The minimum atomic E-state index is -0.940. The van der Waals surface area contributed by atoms with Crippen molar-refractivity contribution in [3.8, 4) is 0 Å². The summed E-state index contributed by atoms with van der Waals surface area (Å²) >= 11 is 12.0. The lowest BCUT2D eigenvalue weighted by Crippen LogP contribution is -2.38. The molecule has 2 aromatic rings. The number of amidine groups is 1. The summed E-state index contributed by atoms with van der Waals surface area (Å²) in [4.78, 5) is 8.43. The molecular weight excluding hydrogens is 313 g/mol. The van der Waals surface area contributed by atoms with Crippen LogP contribution in [-0.2, 0) is 12.1 Å². The number of halogens is 3. The maximum atomic E-state index is 14.2. The van der Waals surface area contributed by atoms with Crippen LogP contribution in [0.15, 0.2) is 23.2 Å². The van der Waals surface area contributed by atoms with E-state index in [1.165, 1.54) is 12.1 Å². The number of benzene rings is 1. The van der Waals surface area contributed by atoms with Crippen molar-refractivity contribution in [1.29, 1.82) is 0 Å². The lowest BCUT2D eigenvalue weighted by Gasteiger charge is -2.32. The molecule has 3 rings (SSSR count). The van der Waals surface area contributed by atoms with Crippen LogP contribution in [0.1, 0.15) is 18.3 Å². The van der Waals surface area contributed by atoms with Gasteiger partial charge in [0.15, 0.2) is 16.8 Å². The minimum Gasteiger partial charge on any atom is -0.381 e. The molecule has 2 heterocycles. The highest BCUT2D eigenvalue weighted by Gasteiger charge is 2.36. The van der Waals surface area contributed by atoms with Crippen molar-refractivity contribution in [3.63, 3.8) is 0 Å². The average molecular weight is 323 g/mol. The van der Waals surface area contributed by atoms with Crippen molar-refractivity contribution in [2.75, 3.05) is 0 Å². The molecule has 1 aliphatic rings. The van der Waals surface area contributed by atoms with Crippen LogP contribution in [0, 0.1) is 5.82 Å². The van der Waals surface area contributed by atoms with Gasteiger partial charge in [-0.1, -0.05) is 40.8 Å². The molecule has 1 atom stereocenters. The largest absolute Gasteiger partial charge is 0.381 e. The van der Waals surface area contributed by atoms with Gasteiger partial charge in [0.05, 0.1) is 6.54 Å². The summed E-state index contributed by atoms with van der Waals surface area (Å²) in [6.45, 7) is 2.02. The first-order valence-electron chi connectivity index (χ1n) is 6.14. The highest BCUT2D eigenvalue weighted by Crippen LogP contribution is 2.36. The molecule has 1 aromatic carbocycles. The normalized spacial score (nSPS) is 21.0. The van der Waals surface area contributed by atoms with Crippen LogP contribution in [0.4, 0.5) is 4.39 Å². The van der Waals surface area contributed by atoms with Gasteiger partial charge in [-0.25, -0.2) is 9.37 Å². The van der Waals surface area contributed by atoms with E-state index < -0.39 is 11.4 Å². The van der Waals surface area contributed by atoms with Crippen molar-refractivity contribution in [2.24, 2.45) is 10.7 Å². The highest BCUT2D eigenvalue weighted by molar-refractivity contribution is 6.41. The van der Waals surface area contributed by atoms with Crippen molar-refractivity contribution in [3.05, 3.63) is 45.7 Å². The van der Waals surface area contributed by atoms with Crippen LogP contribution < -0.4 is 11.2 Å². The van der Waals surface area contributed by atoms with Gasteiger partial charge in [0.2, 0.25) is 0 Å². The lowest BCUT2D eigenvalue weighted by molar-refractivity contribution is 0.384. The Kier molecular flexibility index (Phi) is 3.26. The molecule has 1 aliphatic heterocycles. The maximum Gasteiger partial charge on any atom is 0.178 e. The van der Waals surface area contributed by atoms with Gasteiger partial charge < -0.3 is 10.3 Å². The Labute approximate surface area is 132 Å². The average Bonchev–Trinajstić information content (AvgIpc) is 2.70. The molecule has 4 nitrogen and oxygen atoms in total. The second-order valence-corrected chi connectivity index (χ2v) is 5.83. The van der Waals surface area contributed by atoms with Gasteiger partial charge in [0, 0.05) is 5.56 Å². The van der Waals surface area contributed by atoms with E-state index in [0.29, 0.717) is 16.9 Å². The number of rotatable bonds is 1. The summed E-state index contributed by atoms with van der Waals surface area (Å²) in [5.41, 5.74) is 5.78. The molecule has 2 N–H and O–H groups in total. The van der Waals surface area contributed by atoms with Gasteiger partial charge in [-0.2, -0.15) is 0 Å². The number of imidazole rings is 1. The van der Waals surface area contributed by atoms with E-state index in [-0.39, 0.29) is 22.7 Å². The molecule has 8 heteroatoms. The standard InChI is InChI=1S/C13H10BCl2FN4/c1-13(7-4-6(14)2-3-8(7)17)5-21-10(16)9(15)19-12(21)11(18)20-13/h2-4H,5H2,1H3,(H2,18,20). The SMILES string of the molecule is [B]c1ccc(F)c(C2(C)Cn3c(nc(Cl)c3Cl)C(N)=N2)c1. The number of hydrogen-bond acceptors (Lipinski definition) is 3. The first-order valence-corrected chi connectivity index (χ1v) is 6.90. The molecule has 2 radical (unpaired) electrons. The topological polar surface area (TPSA) is 56.2 Å². The molecular formula is C13H10BCl2FN4. The predicted octanol–water partition coefficient (Wildman–Crippen LogP) is 1.76. The van der Waals surface area contributed by atoms with Crippen LogP contribution in [-0.4, -0.2) is 23.2 Å². The van der Waals surface area contributed by atoms with Crippen molar-refractivity contribution in [1.82, 2.24) is 9.55 Å². The molecule has 1 unspecified atom stereocenters. The van der Waals surface area contributed by atoms with Gasteiger partial charge in [0.1, 0.15) is 24.4 Å². The molecule has 106 valence electrons. The quantitative estimate of drug-likeness (QED) is 0.813. The first-order chi connectivity index (χ1) is 9.82. The van der Waals surface area contributed by atoms with Gasteiger partial charge in [-0.05, 0) is 13.0 Å². The Morgan fingerprint density at radius 1 is 1.43 bits per heavy atom. The first kappa shape index (κ1) is 14.4. The van der Waals surface area contributed by atoms with Crippen LogP contribution >= 0.6 is 23.2 Å². The van der Waals surface area contributed by atoms with Gasteiger partial charge in [0.25, 0.3) is 0 Å². The molecule has 0 spiro atoms. The van der Waals surface area contributed by atoms with E-state index >= 15 is 0 Å². The molecule has 0 fully saturated rings. The lowest BCUT2D eigenvalue weighted by atomic mass is 9.85. The van der Waals surface area contributed by atoms with E-state index in [2.05, 4.69) is 9.98 Å². The fourth-order valence-electron chi connectivity index (χ4n) is 2.50. The number of nitrogens with two attached hydrogens (primary N) is 1. The van der Waals surface area contributed by atoms with Crippen LogP contribution in [0.5, 0.6) is 0 Å². The van der Waals surface area contributed by atoms with E-state index in [1.807, 2.05) is 0 Å². The summed E-state index contributed by atoms with van der Waals surface area (Å²) in [5, 5.41) is 0.391. The van der Waals surface area contributed by atoms with E-state index in [9.17, 15) is 4.39 Å². The predicted molar refractivity (Wildman–Crippen MR) is 82.1 cm³/mol. The number of nitrogens with zero attached hydrogens (tertiary/aromatic N) is 3. The third-order valence-electron chi connectivity index (χ3n) is 3.50. The number of fused-ring (bicyclic) bond motifs is 1. The Morgan fingerprint density at radius 2 is 2.14 bits per heavy atom. The zero-order chi connectivity index (χ0) is 15.4. The minimum absolute atomic E-state index is 0.141. The fraction of sp³-hybridized carbons (Fsp3) is 0.231. The molecule has 0 aliphatic carbocycles. The molecule has 0 bridgehead atoms. The van der Waals surface area contributed by atoms with Crippen molar-refractivity contribution < 1.29 is 4.39 Å². The van der Waals surface area contributed by atoms with Crippen molar-refractivity contribution in [2.45, 2.75) is 19.0 Å². The Bertz CT molecular complexity index is 774. The number of aliphatic imine (C=N–C) groups is 1. The van der Waals surface area contributed by atoms with Crippen LogP contribution in [0.25, 0.3) is 0 Å². The number of hydrogen-bond donors (Lipinski definition) is 1. The Morgan fingerprint density at radius 3 is 2.86 bits per heavy atom. The van der Waals surface area contributed by atoms with E-state index in [4.69, 9.17) is 36.8 Å². The molecule has 1 aromatic heterocycles. The summed E-state index contributed by atoms with van der Waals surface area (Å²) in [6, 6.07) is 4.34. The van der Waals surface area contributed by atoms with E-state index in [0.717, 1.165) is 0 Å². The second-order valence-electron chi connectivity index (χ2n) is 5.11. The van der Waals surface area contributed by atoms with Gasteiger partial charge in [-0.3, -0.25) is 4.99 Å². The smallest absolute Gasteiger partial charge is 0.178 e. The zero-order valence-corrected chi connectivity index (χ0v) is 12.6. The molecule has 0 saturated carbocycles. The Hall–Kier alpha value is -1.53. The third kappa shape index (κ3) is 2.22. The van der Waals surface area contributed by atoms with Crippen molar-refractivity contribution >= 4 is 42.3 Å². The van der Waals surface area contributed by atoms with E-state index in [1.54, 1.807) is 17.6 Å². The summed E-state index contributed by atoms with van der Waals surface area (Å²) < 4.78 is 15.8. The summed E-state index contributed by atoms with van der Waals surface area (Å²) in [7, 11) is 5.74. The number of aromatic nitrogens is 2. The Balaban J connectivity index is 2.18. The molecule has 0 amide bonds. The summed E-state index contributed by atoms with van der Waals surface area (Å²) in [5.74, 6) is 0.125. The van der Waals surface area contributed by atoms with Gasteiger partial charge >= 0.3 is 0 Å².